The molecule has 0 unspecified atom stereocenters. The monoisotopic (exact) mass is 177 g/mol. The van der Waals surface area contributed by atoms with Gasteiger partial charge >= 0.3 is 0 Å². The first-order chi connectivity index (χ1) is 5.65. The number of alkyl halides is 2. The Morgan fingerprint density at radius 2 is 2.42 bits per heavy atom. The maximum atomic E-state index is 12.2. The molecular formula is C6H9F2N3O. The third-order valence-corrected chi connectivity index (χ3v) is 1.38. The molecule has 1 heterocycles. The lowest BCUT2D eigenvalue weighted by molar-refractivity contribution is 0.113. The third-order valence-electron chi connectivity index (χ3n) is 1.38. The number of nitrogens with two attached hydrogens (primary N) is 1. The van der Waals surface area contributed by atoms with E-state index in [2.05, 4.69) is 9.94 Å². The molecule has 0 bridgehead atoms. The average Bonchev–Trinajstić information content (AvgIpc) is 2.32. The summed E-state index contributed by atoms with van der Waals surface area (Å²) in [5.41, 5.74) is 0.0398. The van der Waals surface area contributed by atoms with Crippen LogP contribution in [0.1, 0.15) is 17.7 Å². The second-order valence-corrected chi connectivity index (χ2v) is 2.32. The Hall–Kier alpha value is -1.01. The normalized spacial score (nSPS) is 11.1. The first kappa shape index (κ1) is 9.08. The third kappa shape index (κ3) is 1.77. The minimum atomic E-state index is -2.59. The highest BCUT2D eigenvalue weighted by atomic mass is 19.3. The molecule has 4 nitrogen and oxygen atoms in total. The lowest BCUT2D eigenvalue weighted by atomic mass is 10.3. The number of hydrogen-bond acceptors (Lipinski definition) is 3. The van der Waals surface area contributed by atoms with Crippen LogP contribution in [-0.2, 0) is 18.5 Å². The molecule has 0 aromatic carbocycles. The summed E-state index contributed by atoms with van der Waals surface area (Å²) in [6.07, 6.45) is -1.13. The molecule has 0 aliphatic carbocycles. The van der Waals surface area contributed by atoms with Gasteiger partial charge in [-0.2, -0.15) is 5.10 Å². The average molecular weight is 177 g/mol. The molecule has 6 heteroatoms. The molecule has 2 N–H and O–H groups in total. The summed E-state index contributed by atoms with van der Waals surface area (Å²) < 4.78 is 25.7. The maximum absolute atomic E-state index is 12.2. The van der Waals surface area contributed by atoms with E-state index in [1.54, 1.807) is 7.05 Å². The van der Waals surface area contributed by atoms with Gasteiger partial charge in [-0.05, 0) is 0 Å². The van der Waals surface area contributed by atoms with Gasteiger partial charge in [-0.1, -0.05) is 0 Å². The minimum absolute atomic E-state index is 0.0481. The smallest absolute Gasteiger partial charge is 0.282 e. The molecule has 12 heavy (non-hydrogen) atoms. The van der Waals surface area contributed by atoms with Crippen molar-refractivity contribution in [2.24, 2.45) is 12.9 Å². The van der Waals surface area contributed by atoms with Crippen molar-refractivity contribution >= 4 is 0 Å². The van der Waals surface area contributed by atoms with Crippen LogP contribution >= 0.6 is 0 Å². The number of halogens is 2. The molecule has 0 spiro atoms. The van der Waals surface area contributed by atoms with Crippen molar-refractivity contribution in [2.75, 3.05) is 0 Å². The van der Waals surface area contributed by atoms with Gasteiger partial charge in [0.15, 0.2) is 0 Å². The van der Waals surface area contributed by atoms with Crippen molar-refractivity contribution in [3.63, 3.8) is 0 Å². The molecule has 0 aliphatic heterocycles. The molecular weight excluding hydrogens is 168 g/mol. The summed E-state index contributed by atoms with van der Waals surface area (Å²) in [6.45, 7) is -0.0481. The predicted molar refractivity (Wildman–Crippen MR) is 37.1 cm³/mol. The van der Waals surface area contributed by atoms with Crippen LogP contribution in [0.4, 0.5) is 8.78 Å². The van der Waals surface area contributed by atoms with Crippen molar-refractivity contribution in [1.29, 1.82) is 0 Å². The van der Waals surface area contributed by atoms with Crippen LogP contribution in [-0.4, -0.2) is 9.78 Å². The molecule has 0 fully saturated rings. The first-order valence-corrected chi connectivity index (χ1v) is 3.27. The van der Waals surface area contributed by atoms with Crippen LogP contribution in [0.5, 0.6) is 0 Å². The summed E-state index contributed by atoms with van der Waals surface area (Å²) in [6, 6.07) is 0. The zero-order chi connectivity index (χ0) is 9.14. The molecule has 0 radical (unpaired) electrons. The zero-order valence-corrected chi connectivity index (χ0v) is 6.50. The Labute approximate surface area is 67.9 Å². The lowest BCUT2D eigenvalue weighted by Gasteiger charge is -1.97. The Kier molecular flexibility index (Phi) is 2.72. The molecule has 1 aromatic heterocycles. The van der Waals surface area contributed by atoms with Gasteiger partial charge in [-0.15, -0.1) is 0 Å². The van der Waals surface area contributed by atoms with Crippen molar-refractivity contribution in [3.8, 4) is 0 Å². The van der Waals surface area contributed by atoms with Gasteiger partial charge in [0.2, 0.25) is 0 Å². The van der Waals surface area contributed by atoms with E-state index in [1.807, 2.05) is 0 Å². The summed E-state index contributed by atoms with van der Waals surface area (Å²) in [4.78, 5) is 4.25. The quantitative estimate of drug-likeness (QED) is 0.693. The summed E-state index contributed by atoms with van der Waals surface area (Å²) in [5, 5.41) is 3.56. The standard InChI is InChI=1S/C6H9F2N3O/c1-11-2-4(3-12-9)5(10-11)6(7)8/h2,6H,3,9H2,1H3. The maximum Gasteiger partial charge on any atom is 0.282 e. The largest absolute Gasteiger partial charge is 0.300 e. The van der Waals surface area contributed by atoms with Crippen LogP contribution in [0.15, 0.2) is 6.20 Å². The van der Waals surface area contributed by atoms with Crippen LogP contribution in [0, 0.1) is 0 Å². The van der Waals surface area contributed by atoms with Crippen LogP contribution in [0.3, 0.4) is 0 Å². The van der Waals surface area contributed by atoms with E-state index < -0.39 is 6.43 Å². The van der Waals surface area contributed by atoms with Crippen LogP contribution < -0.4 is 5.90 Å². The van der Waals surface area contributed by atoms with Crippen molar-refractivity contribution in [2.45, 2.75) is 13.0 Å². The van der Waals surface area contributed by atoms with Gasteiger partial charge in [-0.25, -0.2) is 14.7 Å². The van der Waals surface area contributed by atoms with Gasteiger partial charge in [0.25, 0.3) is 6.43 Å². The first-order valence-electron chi connectivity index (χ1n) is 3.27. The Morgan fingerprint density at radius 3 is 2.92 bits per heavy atom. The van der Waals surface area contributed by atoms with E-state index >= 15 is 0 Å². The Bertz CT molecular complexity index is 261. The molecule has 0 saturated heterocycles. The molecule has 0 saturated carbocycles. The van der Waals surface area contributed by atoms with E-state index in [0.717, 1.165) is 0 Å². The number of rotatable bonds is 3. The van der Waals surface area contributed by atoms with E-state index in [0.29, 0.717) is 5.56 Å². The summed E-state index contributed by atoms with van der Waals surface area (Å²) >= 11 is 0. The molecule has 1 aromatic rings. The second kappa shape index (κ2) is 3.59. The molecule has 0 amide bonds. The zero-order valence-electron chi connectivity index (χ0n) is 6.50. The van der Waals surface area contributed by atoms with Gasteiger partial charge in [0, 0.05) is 18.8 Å². The number of aryl methyl sites for hydroxylation is 1. The van der Waals surface area contributed by atoms with Crippen molar-refractivity contribution in [1.82, 2.24) is 9.78 Å². The highest BCUT2D eigenvalue weighted by Crippen LogP contribution is 2.20. The van der Waals surface area contributed by atoms with E-state index in [9.17, 15) is 8.78 Å². The lowest BCUT2D eigenvalue weighted by Crippen LogP contribution is -2.00. The Morgan fingerprint density at radius 1 is 1.75 bits per heavy atom. The predicted octanol–water partition coefficient (Wildman–Crippen LogP) is 0.748. The number of aromatic nitrogens is 2. The van der Waals surface area contributed by atoms with Gasteiger partial charge in [-0.3, -0.25) is 9.52 Å². The van der Waals surface area contributed by atoms with E-state index in [1.165, 1.54) is 10.9 Å². The SMILES string of the molecule is Cn1cc(CON)c(C(F)F)n1. The highest BCUT2D eigenvalue weighted by molar-refractivity contribution is 5.16. The summed E-state index contributed by atoms with van der Waals surface area (Å²) in [5.74, 6) is 4.76. The van der Waals surface area contributed by atoms with Crippen molar-refractivity contribution < 1.29 is 13.6 Å². The topological polar surface area (TPSA) is 53.1 Å². The molecule has 0 aliphatic rings. The highest BCUT2D eigenvalue weighted by Gasteiger charge is 2.16. The molecule has 68 valence electrons. The van der Waals surface area contributed by atoms with Gasteiger partial charge in [0.1, 0.15) is 5.69 Å². The van der Waals surface area contributed by atoms with Crippen molar-refractivity contribution in [3.05, 3.63) is 17.5 Å². The molecule has 1 rings (SSSR count). The fourth-order valence-electron chi connectivity index (χ4n) is 0.939. The van der Waals surface area contributed by atoms with Crippen LogP contribution in [0.2, 0.25) is 0 Å². The van der Waals surface area contributed by atoms with E-state index in [-0.39, 0.29) is 12.3 Å². The second-order valence-electron chi connectivity index (χ2n) is 2.32. The van der Waals surface area contributed by atoms with Gasteiger partial charge in [0.05, 0.1) is 6.61 Å². The Balaban J connectivity index is 2.92. The molecule has 0 atom stereocenters. The number of nitrogens with zero attached hydrogens (tertiary/aromatic N) is 2. The fraction of sp³-hybridized carbons (Fsp3) is 0.500. The van der Waals surface area contributed by atoms with Gasteiger partial charge < -0.3 is 0 Å². The van der Waals surface area contributed by atoms with Crippen LogP contribution in [0.25, 0.3) is 0 Å². The minimum Gasteiger partial charge on any atom is -0.300 e. The number of hydrogen-bond donors (Lipinski definition) is 1. The summed E-state index contributed by atoms with van der Waals surface area (Å²) in [7, 11) is 1.56. The fourth-order valence-corrected chi connectivity index (χ4v) is 0.939. The van der Waals surface area contributed by atoms with E-state index in [4.69, 9.17) is 5.90 Å².